The van der Waals surface area contributed by atoms with Crippen molar-refractivity contribution in [2.75, 3.05) is 0 Å². The molecule has 0 saturated carbocycles. The minimum Gasteiger partial charge on any atom is -0.375 e. The minimum atomic E-state index is 0.0783. The predicted octanol–water partition coefficient (Wildman–Crippen LogP) is 4.61. The van der Waals surface area contributed by atoms with Crippen molar-refractivity contribution >= 4 is 5.70 Å². The number of nitrogens with one attached hydrogen (secondary N) is 1. The summed E-state index contributed by atoms with van der Waals surface area (Å²) in [6.45, 7) is 8.86. The summed E-state index contributed by atoms with van der Waals surface area (Å²) in [6, 6.07) is 8.71. The molecule has 0 spiro atoms. The Morgan fingerprint density at radius 1 is 1.28 bits per heavy atom. The van der Waals surface area contributed by atoms with Gasteiger partial charge in [-0.05, 0) is 38.3 Å². The number of rotatable bonds is 3. The van der Waals surface area contributed by atoms with Gasteiger partial charge in [-0.15, -0.1) is 0 Å². The summed E-state index contributed by atoms with van der Waals surface area (Å²) in [6.07, 6.45) is 6.71. The van der Waals surface area contributed by atoms with Gasteiger partial charge in [0.2, 0.25) is 0 Å². The number of hydrogen-bond donors (Lipinski definition) is 1. The SMILES string of the molecule is CC/C=C(C)\C=C1/N[C@@](C)(CC)c2ccccc21. The van der Waals surface area contributed by atoms with E-state index in [0.717, 1.165) is 12.8 Å². The number of allylic oxidation sites excluding steroid dienone is 3. The Labute approximate surface area is 111 Å². The van der Waals surface area contributed by atoms with Crippen LogP contribution in [0.15, 0.2) is 42.0 Å². The Hall–Kier alpha value is -1.50. The molecule has 0 aromatic heterocycles. The summed E-state index contributed by atoms with van der Waals surface area (Å²) in [7, 11) is 0. The Kier molecular flexibility index (Phi) is 3.60. The van der Waals surface area contributed by atoms with Crippen molar-refractivity contribution in [3.05, 3.63) is 53.1 Å². The molecule has 0 amide bonds. The molecule has 2 rings (SSSR count). The van der Waals surface area contributed by atoms with Crippen LogP contribution in [0, 0.1) is 0 Å². The van der Waals surface area contributed by atoms with Gasteiger partial charge >= 0.3 is 0 Å². The standard InChI is InChI=1S/C17H23N/c1-5-9-13(3)12-16-14-10-7-8-11-15(14)17(4,6-2)18-16/h7-12,18H,5-6H2,1-4H3/b13-9-,16-12-/t17-/m0/s1. The van der Waals surface area contributed by atoms with Crippen molar-refractivity contribution in [3.8, 4) is 0 Å². The Morgan fingerprint density at radius 3 is 2.67 bits per heavy atom. The maximum atomic E-state index is 3.69. The van der Waals surface area contributed by atoms with Crippen LogP contribution in [-0.2, 0) is 5.54 Å². The van der Waals surface area contributed by atoms with Gasteiger partial charge < -0.3 is 5.32 Å². The van der Waals surface area contributed by atoms with Gasteiger partial charge in [-0.2, -0.15) is 0 Å². The van der Waals surface area contributed by atoms with E-state index in [9.17, 15) is 0 Å². The van der Waals surface area contributed by atoms with E-state index < -0.39 is 0 Å². The van der Waals surface area contributed by atoms with Crippen LogP contribution in [0.4, 0.5) is 0 Å². The second kappa shape index (κ2) is 5.01. The summed E-state index contributed by atoms with van der Waals surface area (Å²) >= 11 is 0. The van der Waals surface area contributed by atoms with E-state index in [0.29, 0.717) is 0 Å². The van der Waals surface area contributed by atoms with Gasteiger partial charge in [-0.3, -0.25) is 0 Å². The highest BCUT2D eigenvalue weighted by Gasteiger charge is 2.34. The zero-order valence-corrected chi connectivity index (χ0v) is 11.9. The molecule has 0 radical (unpaired) electrons. The number of benzene rings is 1. The molecule has 0 unspecified atom stereocenters. The van der Waals surface area contributed by atoms with Crippen molar-refractivity contribution in [1.29, 1.82) is 0 Å². The molecule has 0 fully saturated rings. The normalized spacial score (nSPS) is 25.1. The zero-order chi connectivity index (χ0) is 13.2. The monoisotopic (exact) mass is 241 g/mol. The van der Waals surface area contributed by atoms with E-state index in [-0.39, 0.29) is 5.54 Å². The van der Waals surface area contributed by atoms with Gasteiger partial charge in [-0.25, -0.2) is 0 Å². The van der Waals surface area contributed by atoms with Gasteiger partial charge in [0, 0.05) is 11.3 Å². The van der Waals surface area contributed by atoms with Crippen LogP contribution in [-0.4, -0.2) is 0 Å². The van der Waals surface area contributed by atoms with Crippen LogP contribution >= 0.6 is 0 Å². The van der Waals surface area contributed by atoms with Crippen molar-refractivity contribution < 1.29 is 0 Å². The van der Waals surface area contributed by atoms with Crippen LogP contribution in [0.1, 0.15) is 51.7 Å². The smallest absolute Gasteiger partial charge is 0.0601 e. The molecule has 1 N–H and O–H groups in total. The van der Waals surface area contributed by atoms with E-state index in [1.807, 2.05) is 0 Å². The van der Waals surface area contributed by atoms with Crippen LogP contribution in [0.2, 0.25) is 0 Å². The summed E-state index contributed by atoms with van der Waals surface area (Å²) < 4.78 is 0. The first-order chi connectivity index (χ1) is 8.60. The lowest BCUT2D eigenvalue weighted by atomic mass is 9.90. The van der Waals surface area contributed by atoms with E-state index in [1.54, 1.807) is 0 Å². The highest BCUT2D eigenvalue weighted by molar-refractivity contribution is 5.75. The molecule has 1 aromatic rings. The molecule has 1 heteroatoms. The van der Waals surface area contributed by atoms with Gasteiger partial charge in [0.05, 0.1) is 5.54 Å². The fraction of sp³-hybridized carbons (Fsp3) is 0.412. The molecule has 1 heterocycles. The van der Waals surface area contributed by atoms with E-state index in [2.05, 4.69) is 69.4 Å². The molecule has 1 nitrogen and oxygen atoms in total. The topological polar surface area (TPSA) is 12.0 Å². The molecule has 1 aromatic carbocycles. The second-order valence-corrected chi connectivity index (χ2v) is 5.27. The minimum absolute atomic E-state index is 0.0783. The first-order valence-electron chi connectivity index (χ1n) is 6.87. The van der Waals surface area contributed by atoms with E-state index in [4.69, 9.17) is 0 Å². The molecule has 96 valence electrons. The molecule has 0 aliphatic carbocycles. The summed E-state index contributed by atoms with van der Waals surface area (Å²) in [5.74, 6) is 0. The average molecular weight is 241 g/mol. The fourth-order valence-corrected chi connectivity index (χ4v) is 2.63. The lowest BCUT2D eigenvalue weighted by Crippen LogP contribution is -2.31. The van der Waals surface area contributed by atoms with Gasteiger partial charge in [0.25, 0.3) is 0 Å². The fourth-order valence-electron chi connectivity index (χ4n) is 2.63. The summed E-state index contributed by atoms with van der Waals surface area (Å²) in [5, 5.41) is 3.69. The molecule has 0 bridgehead atoms. The highest BCUT2D eigenvalue weighted by Crippen LogP contribution is 2.39. The Balaban J connectivity index is 2.47. The lowest BCUT2D eigenvalue weighted by Gasteiger charge is -2.24. The van der Waals surface area contributed by atoms with Crippen molar-refractivity contribution in [2.24, 2.45) is 0 Å². The zero-order valence-electron chi connectivity index (χ0n) is 11.9. The van der Waals surface area contributed by atoms with Crippen LogP contribution < -0.4 is 5.32 Å². The third kappa shape index (κ3) is 2.22. The maximum absolute atomic E-state index is 3.69. The first kappa shape index (κ1) is 12.9. The molecule has 18 heavy (non-hydrogen) atoms. The third-order valence-electron chi connectivity index (χ3n) is 3.83. The van der Waals surface area contributed by atoms with Crippen molar-refractivity contribution in [2.45, 2.75) is 46.1 Å². The molecule has 1 aliphatic heterocycles. The van der Waals surface area contributed by atoms with Gasteiger partial charge in [0.1, 0.15) is 0 Å². The lowest BCUT2D eigenvalue weighted by molar-refractivity contribution is 0.430. The molecular formula is C17H23N. The first-order valence-corrected chi connectivity index (χ1v) is 6.87. The van der Waals surface area contributed by atoms with Crippen LogP contribution in [0.25, 0.3) is 5.70 Å². The van der Waals surface area contributed by atoms with Gasteiger partial charge in [0.15, 0.2) is 0 Å². The molecule has 0 saturated heterocycles. The number of fused-ring (bicyclic) bond motifs is 1. The van der Waals surface area contributed by atoms with E-state index in [1.165, 1.54) is 22.4 Å². The number of hydrogen-bond acceptors (Lipinski definition) is 1. The quantitative estimate of drug-likeness (QED) is 0.814. The molecular weight excluding hydrogens is 218 g/mol. The van der Waals surface area contributed by atoms with Gasteiger partial charge in [-0.1, -0.05) is 49.8 Å². The highest BCUT2D eigenvalue weighted by atomic mass is 15.0. The molecule has 1 aliphatic rings. The average Bonchev–Trinajstić information content (AvgIpc) is 2.65. The van der Waals surface area contributed by atoms with Crippen LogP contribution in [0.5, 0.6) is 0 Å². The Morgan fingerprint density at radius 2 is 2.00 bits per heavy atom. The summed E-state index contributed by atoms with van der Waals surface area (Å²) in [5.41, 5.74) is 5.44. The van der Waals surface area contributed by atoms with E-state index >= 15 is 0 Å². The second-order valence-electron chi connectivity index (χ2n) is 5.27. The maximum Gasteiger partial charge on any atom is 0.0601 e. The van der Waals surface area contributed by atoms with Crippen molar-refractivity contribution in [3.63, 3.8) is 0 Å². The van der Waals surface area contributed by atoms with Crippen LogP contribution in [0.3, 0.4) is 0 Å². The third-order valence-corrected chi connectivity index (χ3v) is 3.83. The largest absolute Gasteiger partial charge is 0.375 e. The predicted molar refractivity (Wildman–Crippen MR) is 79.2 cm³/mol. The molecule has 1 atom stereocenters. The Bertz CT molecular complexity index is 496. The summed E-state index contributed by atoms with van der Waals surface area (Å²) in [4.78, 5) is 0. The van der Waals surface area contributed by atoms with Crippen molar-refractivity contribution in [1.82, 2.24) is 5.32 Å².